The minimum atomic E-state index is -1.62. The van der Waals surface area contributed by atoms with Crippen LogP contribution in [0.4, 0.5) is 10.1 Å². The molecule has 0 aliphatic heterocycles. The Morgan fingerprint density at radius 3 is 2.00 bits per heavy atom. The molecule has 0 bridgehead atoms. The maximum Gasteiger partial charge on any atom is 0.331 e. The topological polar surface area (TPSA) is 55.4 Å². The zero-order valence-corrected chi connectivity index (χ0v) is 22.4. The van der Waals surface area contributed by atoms with Crippen molar-refractivity contribution in [2.75, 3.05) is 11.9 Å². The maximum absolute atomic E-state index is 14.7. The first-order chi connectivity index (χ1) is 14.7. The van der Waals surface area contributed by atoms with Crippen molar-refractivity contribution in [1.82, 2.24) is 0 Å². The average molecular weight is 472 g/mol. The van der Waals surface area contributed by atoms with Gasteiger partial charge in [-0.25, -0.2) is 9.18 Å². The summed E-state index contributed by atoms with van der Waals surface area (Å²) in [6, 6.07) is 10.7. The van der Waals surface area contributed by atoms with E-state index in [4.69, 9.17) is 4.74 Å². The largest absolute Gasteiger partial charge is 0.463 e. The van der Waals surface area contributed by atoms with E-state index in [1.54, 1.807) is 26.0 Å². The molecule has 32 heavy (non-hydrogen) atoms. The van der Waals surface area contributed by atoms with Crippen LogP contribution < -0.4 is 15.7 Å². The number of ether oxygens (including phenoxy) is 1. The second-order valence-electron chi connectivity index (χ2n) is 10.0. The molecule has 7 heteroatoms. The predicted molar refractivity (Wildman–Crippen MR) is 137 cm³/mol. The Labute approximate surface area is 192 Å². The SMILES string of the molecule is CCOC(=O)C=C(C)c1ccc(NC(=O)c2cc([Si](C)(C)C)cc([Si](C)(C)C)c2)cc1F. The van der Waals surface area contributed by atoms with E-state index in [0.717, 1.165) is 0 Å². The Morgan fingerprint density at radius 2 is 1.53 bits per heavy atom. The number of esters is 1. The van der Waals surface area contributed by atoms with E-state index in [9.17, 15) is 14.0 Å². The van der Waals surface area contributed by atoms with Crippen molar-refractivity contribution in [2.45, 2.75) is 53.1 Å². The van der Waals surface area contributed by atoms with Gasteiger partial charge in [0, 0.05) is 22.9 Å². The predicted octanol–water partition coefficient (Wildman–Crippen LogP) is 5.13. The number of hydrogen-bond acceptors (Lipinski definition) is 3. The Hall–Kier alpha value is -2.52. The molecule has 0 radical (unpaired) electrons. The minimum Gasteiger partial charge on any atom is -0.463 e. The standard InChI is InChI=1S/C25H34FNO3Si2/c1-9-30-24(28)12-17(2)22-11-10-19(15-23(22)26)27-25(29)18-13-20(31(3,4)5)16-21(14-18)32(6,7)8/h10-16H,9H2,1-8H3,(H,27,29). The van der Waals surface area contributed by atoms with Crippen molar-refractivity contribution in [3.8, 4) is 0 Å². The number of hydrogen-bond donors (Lipinski definition) is 1. The summed E-state index contributed by atoms with van der Waals surface area (Å²) in [5.74, 6) is -1.28. The van der Waals surface area contributed by atoms with Crippen LogP contribution in [-0.2, 0) is 9.53 Å². The molecule has 2 rings (SSSR count). The van der Waals surface area contributed by atoms with Crippen LogP contribution in [0, 0.1) is 5.82 Å². The van der Waals surface area contributed by atoms with Crippen LogP contribution in [-0.4, -0.2) is 34.6 Å². The molecule has 0 aliphatic rings. The number of allylic oxidation sites excluding steroid dienone is 1. The van der Waals surface area contributed by atoms with Crippen molar-refractivity contribution in [2.24, 2.45) is 0 Å². The monoisotopic (exact) mass is 471 g/mol. The van der Waals surface area contributed by atoms with Gasteiger partial charge < -0.3 is 10.1 Å². The van der Waals surface area contributed by atoms with Gasteiger partial charge in [-0.1, -0.05) is 67.9 Å². The molecule has 1 amide bonds. The van der Waals surface area contributed by atoms with Crippen molar-refractivity contribution in [3.63, 3.8) is 0 Å². The number of carbonyl (C=O) groups is 2. The molecule has 2 aromatic rings. The summed E-state index contributed by atoms with van der Waals surface area (Å²) >= 11 is 0. The fourth-order valence-corrected chi connectivity index (χ4v) is 5.68. The zero-order valence-electron chi connectivity index (χ0n) is 20.4. The van der Waals surface area contributed by atoms with Gasteiger partial charge >= 0.3 is 5.97 Å². The summed E-state index contributed by atoms with van der Waals surface area (Å²) in [6.07, 6.45) is 1.26. The van der Waals surface area contributed by atoms with Crippen molar-refractivity contribution in [1.29, 1.82) is 0 Å². The summed E-state index contributed by atoms with van der Waals surface area (Å²) in [7, 11) is -3.25. The highest BCUT2D eigenvalue weighted by Crippen LogP contribution is 2.22. The highest BCUT2D eigenvalue weighted by Gasteiger charge is 2.24. The van der Waals surface area contributed by atoms with E-state index in [1.165, 1.54) is 22.5 Å². The first-order valence-corrected chi connectivity index (χ1v) is 17.8. The molecule has 0 heterocycles. The average Bonchev–Trinajstić information content (AvgIpc) is 2.66. The molecule has 2 aromatic carbocycles. The molecule has 0 saturated carbocycles. The Morgan fingerprint density at radius 1 is 0.969 bits per heavy atom. The molecule has 0 aliphatic carbocycles. The summed E-state index contributed by atoms with van der Waals surface area (Å²) in [5.41, 5.74) is 1.72. The molecule has 0 saturated heterocycles. The Balaban J connectivity index is 2.33. The number of anilines is 1. The van der Waals surface area contributed by atoms with Crippen LogP contribution in [0.5, 0.6) is 0 Å². The molecule has 172 valence electrons. The first kappa shape index (κ1) is 25.7. The molecular formula is C25H34FNO3Si2. The molecule has 0 spiro atoms. The quantitative estimate of drug-likeness (QED) is 0.346. The number of rotatable bonds is 7. The lowest BCUT2D eigenvalue weighted by Gasteiger charge is -2.24. The molecule has 4 nitrogen and oxygen atoms in total. The fraction of sp³-hybridized carbons (Fsp3) is 0.360. The van der Waals surface area contributed by atoms with Gasteiger partial charge in [0.1, 0.15) is 5.82 Å². The lowest BCUT2D eigenvalue weighted by Crippen LogP contribution is -2.46. The Bertz CT molecular complexity index is 1020. The summed E-state index contributed by atoms with van der Waals surface area (Å²) in [5, 5.41) is 5.30. The molecule has 0 aromatic heterocycles. The fourth-order valence-electron chi connectivity index (χ4n) is 3.18. The smallest absolute Gasteiger partial charge is 0.331 e. The van der Waals surface area contributed by atoms with Crippen molar-refractivity contribution < 1.29 is 18.7 Å². The Kier molecular flexibility index (Phi) is 8.01. The molecular weight excluding hydrogens is 437 g/mol. The van der Waals surface area contributed by atoms with Crippen LogP contribution in [0.1, 0.15) is 29.8 Å². The summed E-state index contributed by atoms with van der Waals surface area (Å²) < 4.78 is 19.6. The van der Waals surface area contributed by atoms with Crippen LogP contribution in [0.25, 0.3) is 5.57 Å². The highest BCUT2D eigenvalue weighted by atomic mass is 28.3. The van der Waals surface area contributed by atoms with Gasteiger partial charge in [-0.15, -0.1) is 0 Å². The summed E-state index contributed by atoms with van der Waals surface area (Å²) in [4.78, 5) is 24.7. The van der Waals surface area contributed by atoms with Gasteiger partial charge in [0.2, 0.25) is 0 Å². The van der Waals surface area contributed by atoms with E-state index in [1.807, 2.05) is 12.1 Å². The lowest BCUT2D eigenvalue weighted by atomic mass is 10.1. The second-order valence-corrected chi connectivity index (χ2v) is 20.2. The van der Waals surface area contributed by atoms with E-state index in [0.29, 0.717) is 16.8 Å². The molecule has 1 N–H and O–H groups in total. The second kappa shape index (κ2) is 9.96. The van der Waals surface area contributed by atoms with Crippen molar-refractivity contribution in [3.05, 3.63) is 59.4 Å². The normalized spacial score (nSPS) is 12.5. The molecule has 0 atom stereocenters. The van der Waals surface area contributed by atoms with Crippen LogP contribution in [0.2, 0.25) is 39.3 Å². The van der Waals surface area contributed by atoms with E-state index >= 15 is 0 Å². The van der Waals surface area contributed by atoms with Crippen molar-refractivity contribution >= 4 is 49.7 Å². The lowest BCUT2D eigenvalue weighted by molar-refractivity contribution is -0.137. The van der Waals surface area contributed by atoms with Crippen LogP contribution >= 0.6 is 0 Å². The van der Waals surface area contributed by atoms with Gasteiger partial charge in [-0.3, -0.25) is 4.79 Å². The number of benzene rings is 2. The molecule has 0 unspecified atom stereocenters. The van der Waals surface area contributed by atoms with E-state index < -0.39 is 27.9 Å². The number of amides is 1. The van der Waals surface area contributed by atoms with Crippen LogP contribution in [0.3, 0.4) is 0 Å². The number of halogens is 1. The van der Waals surface area contributed by atoms with Gasteiger partial charge in [-0.05, 0) is 37.6 Å². The third-order valence-corrected chi connectivity index (χ3v) is 9.24. The van der Waals surface area contributed by atoms with Gasteiger partial charge in [0.25, 0.3) is 5.91 Å². The van der Waals surface area contributed by atoms with E-state index in [2.05, 4.69) is 50.7 Å². The van der Waals surface area contributed by atoms with Gasteiger partial charge in [-0.2, -0.15) is 0 Å². The first-order valence-electron chi connectivity index (χ1n) is 10.8. The van der Waals surface area contributed by atoms with Crippen LogP contribution in [0.15, 0.2) is 42.5 Å². The zero-order chi connectivity index (χ0) is 24.3. The highest BCUT2D eigenvalue weighted by molar-refractivity contribution is 6.91. The number of carbonyl (C=O) groups excluding carboxylic acids is 2. The minimum absolute atomic E-state index is 0.254. The maximum atomic E-state index is 14.7. The molecule has 0 fully saturated rings. The number of nitrogens with one attached hydrogen (secondary N) is 1. The van der Waals surface area contributed by atoms with E-state index in [-0.39, 0.29) is 18.1 Å². The summed E-state index contributed by atoms with van der Waals surface area (Å²) in [6.45, 7) is 17.2. The van der Waals surface area contributed by atoms with Gasteiger partial charge in [0.05, 0.1) is 22.8 Å². The third kappa shape index (κ3) is 6.74. The third-order valence-electron chi connectivity index (χ3n) is 5.20. The van der Waals surface area contributed by atoms with Gasteiger partial charge in [0.15, 0.2) is 0 Å².